The van der Waals surface area contributed by atoms with Crippen LogP contribution in [0.15, 0.2) is 17.0 Å². The lowest BCUT2D eigenvalue weighted by molar-refractivity contribution is 0.319. The second kappa shape index (κ2) is 5.75. The third-order valence-corrected chi connectivity index (χ3v) is 4.15. The summed E-state index contributed by atoms with van der Waals surface area (Å²) in [4.78, 5) is 11.5. The SMILES string of the molecule is CC1CCC(c2noc([C@H](N)Cc3cnc[nH]3)n2)CC1. The van der Waals surface area contributed by atoms with Gasteiger partial charge in [0.15, 0.2) is 5.82 Å². The fourth-order valence-corrected chi connectivity index (χ4v) is 2.80. The van der Waals surface area contributed by atoms with Gasteiger partial charge in [0.1, 0.15) is 0 Å². The molecule has 1 fully saturated rings. The van der Waals surface area contributed by atoms with Gasteiger partial charge in [-0.25, -0.2) is 4.98 Å². The predicted octanol–water partition coefficient (Wildman–Crippen LogP) is 2.33. The van der Waals surface area contributed by atoms with Gasteiger partial charge in [-0.2, -0.15) is 4.98 Å². The van der Waals surface area contributed by atoms with Gasteiger partial charge in [-0.1, -0.05) is 24.9 Å². The third kappa shape index (κ3) is 2.90. The van der Waals surface area contributed by atoms with Crippen molar-refractivity contribution in [2.45, 2.75) is 51.0 Å². The highest BCUT2D eigenvalue weighted by molar-refractivity contribution is 5.04. The molecule has 2 aromatic rings. The number of rotatable bonds is 4. The molecule has 0 aromatic carbocycles. The van der Waals surface area contributed by atoms with Gasteiger partial charge in [-0.15, -0.1) is 0 Å². The molecule has 0 spiro atoms. The number of H-pyrrole nitrogens is 1. The molecule has 0 radical (unpaired) electrons. The first-order chi connectivity index (χ1) is 9.72. The molecule has 0 saturated heterocycles. The molecule has 1 aliphatic carbocycles. The van der Waals surface area contributed by atoms with Gasteiger partial charge in [0, 0.05) is 24.2 Å². The fraction of sp³-hybridized carbons (Fsp3) is 0.643. The minimum absolute atomic E-state index is 0.279. The van der Waals surface area contributed by atoms with Gasteiger partial charge in [0.25, 0.3) is 0 Å². The number of aromatic nitrogens is 4. The topological polar surface area (TPSA) is 93.6 Å². The van der Waals surface area contributed by atoms with Crippen molar-refractivity contribution < 1.29 is 4.52 Å². The van der Waals surface area contributed by atoms with E-state index in [0.717, 1.165) is 30.3 Å². The molecule has 0 bridgehead atoms. The number of nitrogens with zero attached hydrogens (tertiary/aromatic N) is 3. The Hall–Kier alpha value is -1.69. The van der Waals surface area contributed by atoms with Gasteiger partial charge in [-0.3, -0.25) is 0 Å². The molecular formula is C14H21N5O. The third-order valence-electron chi connectivity index (χ3n) is 4.15. The van der Waals surface area contributed by atoms with E-state index in [9.17, 15) is 0 Å². The Bertz CT molecular complexity index is 528. The fourth-order valence-electron chi connectivity index (χ4n) is 2.80. The normalized spacial score (nSPS) is 24.7. The largest absolute Gasteiger partial charge is 0.348 e. The molecule has 2 heterocycles. The Morgan fingerprint density at radius 2 is 2.20 bits per heavy atom. The number of nitrogens with one attached hydrogen (secondary N) is 1. The van der Waals surface area contributed by atoms with E-state index >= 15 is 0 Å². The Morgan fingerprint density at radius 1 is 1.40 bits per heavy atom. The van der Waals surface area contributed by atoms with Crippen molar-refractivity contribution in [1.82, 2.24) is 20.1 Å². The maximum absolute atomic E-state index is 6.11. The monoisotopic (exact) mass is 275 g/mol. The quantitative estimate of drug-likeness (QED) is 0.893. The summed E-state index contributed by atoms with van der Waals surface area (Å²) in [6, 6.07) is -0.279. The van der Waals surface area contributed by atoms with Crippen LogP contribution >= 0.6 is 0 Å². The van der Waals surface area contributed by atoms with Gasteiger partial charge in [0.05, 0.1) is 12.4 Å². The summed E-state index contributed by atoms with van der Waals surface area (Å²) in [5.41, 5.74) is 7.08. The number of nitrogens with two attached hydrogens (primary N) is 1. The first-order valence-electron chi connectivity index (χ1n) is 7.28. The average Bonchev–Trinajstić information content (AvgIpc) is 3.10. The zero-order valence-electron chi connectivity index (χ0n) is 11.7. The summed E-state index contributed by atoms with van der Waals surface area (Å²) >= 11 is 0. The van der Waals surface area contributed by atoms with E-state index in [0.29, 0.717) is 18.2 Å². The number of hydrogen-bond acceptors (Lipinski definition) is 5. The zero-order chi connectivity index (χ0) is 13.9. The summed E-state index contributed by atoms with van der Waals surface area (Å²) in [6.07, 6.45) is 8.82. The smallest absolute Gasteiger partial charge is 0.243 e. The second-order valence-electron chi connectivity index (χ2n) is 5.84. The minimum Gasteiger partial charge on any atom is -0.348 e. The molecule has 3 N–H and O–H groups in total. The lowest BCUT2D eigenvalue weighted by Crippen LogP contribution is -2.15. The first-order valence-corrected chi connectivity index (χ1v) is 7.28. The van der Waals surface area contributed by atoms with Crippen LogP contribution in [-0.2, 0) is 6.42 Å². The minimum atomic E-state index is -0.279. The highest BCUT2D eigenvalue weighted by Gasteiger charge is 2.25. The van der Waals surface area contributed by atoms with Gasteiger partial charge < -0.3 is 15.2 Å². The predicted molar refractivity (Wildman–Crippen MR) is 73.9 cm³/mol. The molecule has 6 heteroatoms. The molecule has 2 aromatic heterocycles. The number of hydrogen-bond donors (Lipinski definition) is 2. The molecule has 3 rings (SSSR count). The van der Waals surface area contributed by atoms with Crippen molar-refractivity contribution in [3.8, 4) is 0 Å². The molecule has 0 amide bonds. The maximum atomic E-state index is 6.11. The molecule has 0 unspecified atom stereocenters. The molecule has 108 valence electrons. The van der Waals surface area contributed by atoms with Crippen LogP contribution in [0.1, 0.15) is 62.0 Å². The van der Waals surface area contributed by atoms with Crippen LogP contribution < -0.4 is 5.73 Å². The number of aromatic amines is 1. The van der Waals surface area contributed by atoms with Crippen molar-refractivity contribution in [2.24, 2.45) is 11.7 Å². The average molecular weight is 275 g/mol. The van der Waals surface area contributed by atoms with E-state index in [1.54, 1.807) is 12.5 Å². The highest BCUT2D eigenvalue weighted by atomic mass is 16.5. The summed E-state index contributed by atoms with van der Waals surface area (Å²) in [6.45, 7) is 2.30. The van der Waals surface area contributed by atoms with Crippen LogP contribution in [0.2, 0.25) is 0 Å². The Morgan fingerprint density at radius 3 is 2.90 bits per heavy atom. The summed E-state index contributed by atoms with van der Waals surface area (Å²) in [5.74, 6) is 2.60. The lowest BCUT2D eigenvalue weighted by Gasteiger charge is -2.23. The first kappa shape index (κ1) is 13.3. The van der Waals surface area contributed by atoms with Crippen LogP contribution in [0.5, 0.6) is 0 Å². The Balaban J connectivity index is 1.64. The van der Waals surface area contributed by atoms with E-state index in [1.165, 1.54) is 12.8 Å². The van der Waals surface area contributed by atoms with Crippen LogP contribution in [0.25, 0.3) is 0 Å². The van der Waals surface area contributed by atoms with Crippen molar-refractivity contribution >= 4 is 0 Å². The molecule has 1 saturated carbocycles. The van der Waals surface area contributed by atoms with Crippen LogP contribution in [0, 0.1) is 5.92 Å². The molecule has 0 aliphatic heterocycles. The highest BCUT2D eigenvalue weighted by Crippen LogP contribution is 2.34. The number of imidazole rings is 1. The van der Waals surface area contributed by atoms with Crippen molar-refractivity contribution in [2.75, 3.05) is 0 Å². The summed E-state index contributed by atoms with van der Waals surface area (Å²) < 4.78 is 5.33. The summed E-state index contributed by atoms with van der Waals surface area (Å²) in [7, 11) is 0. The molecule has 1 atom stereocenters. The van der Waals surface area contributed by atoms with Crippen molar-refractivity contribution in [1.29, 1.82) is 0 Å². The Labute approximate surface area is 118 Å². The maximum Gasteiger partial charge on any atom is 0.243 e. The van der Waals surface area contributed by atoms with E-state index in [4.69, 9.17) is 10.3 Å². The van der Waals surface area contributed by atoms with E-state index < -0.39 is 0 Å². The van der Waals surface area contributed by atoms with Crippen LogP contribution in [0.4, 0.5) is 0 Å². The molecule has 20 heavy (non-hydrogen) atoms. The van der Waals surface area contributed by atoms with Gasteiger partial charge in [0.2, 0.25) is 5.89 Å². The van der Waals surface area contributed by atoms with Gasteiger partial charge in [-0.05, 0) is 18.8 Å². The van der Waals surface area contributed by atoms with E-state index in [1.807, 2.05) is 0 Å². The zero-order valence-corrected chi connectivity index (χ0v) is 11.7. The second-order valence-corrected chi connectivity index (χ2v) is 5.84. The van der Waals surface area contributed by atoms with Crippen LogP contribution in [0.3, 0.4) is 0 Å². The van der Waals surface area contributed by atoms with Crippen molar-refractivity contribution in [3.63, 3.8) is 0 Å². The van der Waals surface area contributed by atoms with Crippen LogP contribution in [-0.4, -0.2) is 20.1 Å². The summed E-state index contributed by atoms with van der Waals surface area (Å²) in [5, 5.41) is 4.12. The molecule has 6 nitrogen and oxygen atoms in total. The lowest BCUT2D eigenvalue weighted by atomic mass is 9.83. The van der Waals surface area contributed by atoms with Gasteiger partial charge >= 0.3 is 0 Å². The Kier molecular flexibility index (Phi) is 3.82. The van der Waals surface area contributed by atoms with E-state index in [-0.39, 0.29) is 6.04 Å². The van der Waals surface area contributed by atoms with Crippen molar-refractivity contribution in [3.05, 3.63) is 29.9 Å². The molecular weight excluding hydrogens is 254 g/mol. The molecule has 1 aliphatic rings. The standard InChI is InChI=1S/C14H21N5O/c1-9-2-4-10(5-3-9)13-18-14(20-19-13)12(15)6-11-7-16-8-17-11/h7-10,12H,2-6,15H2,1H3,(H,16,17)/t9?,10?,12-/m1/s1. The van der Waals surface area contributed by atoms with E-state index in [2.05, 4.69) is 27.0 Å².